The Kier molecular flexibility index (Phi) is 3.69. The molecule has 1 heterocycles. The van der Waals surface area contributed by atoms with Crippen molar-refractivity contribution in [3.8, 4) is 0 Å². The van der Waals surface area contributed by atoms with Crippen LogP contribution >= 0.6 is 0 Å². The third-order valence-corrected chi connectivity index (χ3v) is 3.11. The molecule has 4 heteroatoms. The van der Waals surface area contributed by atoms with Crippen LogP contribution in [0.5, 0.6) is 0 Å². The Morgan fingerprint density at radius 3 is 2.67 bits per heavy atom. The van der Waals surface area contributed by atoms with Crippen molar-refractivity contribution in [1.29, 1.82) is 0 Å². The Balaban J connectivity index is 1.78. The molecule has 0 amide bonds. The van der Waals surface area contributed by atoms with Crippen LogP contribution in [0.2, 0.25) is 0 Å². The molecule has 0 bridgehead atoms. The minimum Gasteiger partial charge on any atom is -0.259 e. The van der Waals surface area contributed by atoms with Crippen LogP contribution in [0.25, 0.3) is 16.3 Å². The molecule has 2 aromatic carbocycles. The van der Waals surface area contributed by atoms with E-state index in [1.165, 1.54) is 0 Å². The molecular formula is C17H14N4. The summed E-state index contributed by atoms with van der Waals surface area (Å²) in [6.45, 7) is 3.99. The van der Waals surface area contributed by atoms with Crippen LogP contribution < -0.4 is 5.43 Å². The molecule has 0 fully saturated rings. The zero-order valence-corrected chi connectivity index (χ0v) is 11.4. The average molecular weight is 274 g/mol. The number of nitrogens with one attached hydrogen (secondary N) is 1. The number of aromatic nitrogens is 2. The molecule has 0 saturated carbocycles. The summed E-state index contributed by atoms with van der Waals surface area (Å²) in [6, 6.07) is 17.8. The van der Waals surface area contributed by atoms with Gasteiger partial charge in [-0.2, -0.15) is 10.2 Å². The minimum atomic E-state index is 0.630. The Morgan fingerprint density at radius 1 is 1.05 bits per heavy atom. The second-order valence-electron chi connectivity index (χ2n) is 4.54. The highest BCUT2D eigenvalue weighted by molar-refractivity contribution is 6.09. The number of hydrogen-bond donors (Lipinski definition) is 1. The molecule has 0 radical (unpaired) electrons. The molecule has 102 valence electrons. The summed E-state index contributed by atoms with van der Waals surface area (Å²) in [4.78, 5) is 0. The van der Waals surface area contributed by atoms with E-state index in [-0.39, 0.29) is 0 Å². The van der Waals surface area contributed by atoms with E-state index in [1.54, 1.807) is 12.4 Å². The number of fused-ring (bicyclic) bond motifs is 1. The Bertz CT molecular complexity index is 789. The van der Waals surface area contributed by atoms with Gasteiger partial charge in [-0.1, -0.05) is 61.2 Å². The van der Waals surface area contributed by atoms with E-state index in [0.29, 0.717) is 5.82 Å². The van der Waals surface area contributed by atoms with Crippen molar-refractivity contribution in [1.82, 2.24) is 10.2 Å². The van der Waals surface area contributed by atoms with Crippen LogP contribution in [-0.4, -0.2) is 16.4 Å². The van der Waals surface area contributed by atoms with E-state index in [0.717, 1.165) is 21.9 Å². The SMILES string of the molecule is C=C(/C=N/Nc1nncc2ccccc12)c1ccccc1. The first-order valence-corrected chi connectivity index (χ1v) is 6.58. The number of anilines is 1. The third-order valence-electron chi connectivity index (χ3n) is 3.11. The van der Waals surface area contributed by atoms with E-state index >= 15 is 0 Å². The highest BCUT2D eigenvalue weighted by atomic mass is 15.3. The fourth-order valence-electron chi connectivity index (χ4n) is 2.01. The van der Waals surface area contributed by atoms with E-state index in [2.05, 4.69) is 27.3 Å². The molecular weight excluding hydrogens is 260 g/mol. The quantitative estimate of drug-likeness (QED) is 0.582. The van der Waals surface area contributed by atoms with Crippen molar-refractivity contribution in [3.63, 3.8) is 0 Å². The summed E-state index contributed by atoms with van der Waals surface area (Å²) in [5, 5.41) is 14.2. The molecule has 1 aromatic heterocycles. The van der Waals surface area contributed by atoms with Gasteiger partial charge in [-0.3, -0.25) is 5.43 Å². The molecule has 0 spiro atoms. The number of hydrazone groups is 1. The Hall–Kier alpha value is -3.01. The standard InChI is InChI=1S/C17H14N4/c1-13(14-7-3-2-4-8-14)11-18-20-17-16-10-6-5-9-15(16)12-19-21-17/h2-12H,1H2,(H,20,21)/b18-11+. The zero-order chi connectivity index (χ0) is 14.5. The molecule has 0 unspecified atom stereocenters. The van der Waals surface area contributed by atoms with Gasteiger partial charge in [0.1, 0.15) is 0 Å². The zero-order valence-electron chi connectivity index (χ0n) is 11.4. The first kappa shape index (κ1) is 13.0. The number of rotatable bonds is 4. The highest BCUT2D eigenvalue weighted by Gasteiger charge is 2.01. The van der Waals surface area contributed by atoms with E-state index < -0.39 is 0 Å². The van der Waals surface area contributed by atoms with Gasteiger partial charge in [0.25, 0.3) is 0 Å². The average Bonchev–Trinajstić information content (AvgIpc) is 2.56. The molecule has 4 nitrogen and oxygen atoms in total. The van der Waals surface area contributed by atoms with Gasteiger partial charge in [0.2, 0.25) is 0 Å². The predicted molar refractivity (Wildman–Crippen MR) is 87.1 cm³/mol. The fraction of sp³-hybridized carbons (Fsp3) is 0. The van der Waals surface area contributed by atoms with Gasteiger partial charge in [-0.05, 0) is 11.1 Å². The lowest BCUT2D eigenvalue weighted by Gasteiger charge is -2.03. The van der Waals surface area contributed by atoms with Crippen LogP contribution in [0, 0.1) is 0 Å². The van der Waals surface area contributed by atoms with Crippen molar-refractivity contribution >= 4 is 28.4 Å². The van der Waals surface area contributed by atoms with E-state index in [4.69, 9.17) is 0 Å². The van der Waals surface area contributed by atoms with Gasteiger partial charge in [-0.25, -0.2) is 0 Å². The van der Waals surface area contributed by atoms with Crippen molar-refractivity contribution < 1.29 is 0 Å². The molecule has 21 heavy (non-hydrogen) atoms. The summed E-state index contributed by atoms with van der Waals surface area (Å²) in [5.74, 6) is 0.630. The van der Waals surface area contributed by atoms with Crippen LogP contribution in [-0.2, 0) is 0 Å². The smallest absolute Gasteiger partial charge is 0.176 e. The molecule has 0 atom stereocenters. The summed E-state index contributed by atoms with van der Waals surface area (Å²) < 4.78 is 0. The van der Waals surface area contributed by atoms with Gasteiger partial charge in [-0.15, -0.1) is 5.10 Å². The molecule has 0 aliphatic rings. The largest absolute Gasteiger partial charge is 0.259 e. The summed E-state index contributed by atoms with van der Waals surface area (Å²) in [7, 11) is 0. The molecule has 3 aromatic rings. The maximum absolute atomic E-state index is 4.19. The van der Waals surface area contributed by atoms with Gasteiger partial charge < -0.3 is 0 Å². The first-order valence-electron chi connectivity index (χ1n) is 6.58. The Labute approximate surface area is 122 Å². The number of benzene rings is 2. The van der Waals surface area contributed by atoms with Gasteiger partial charge in [0.15, 0.2) is 5.82 Å². The van der Waals surface area contributed by atoms with Gasteiger partial charge >= 0.3 is 0 Å². The highest BCUT2D eigenvalue weighted by Crippen LogP contribution is 2.19. The van der Waals surface area contributed by atoms with E-state index in [9.17, 15) is 0 Å². The van der Waals surface area contributed by atoms with Crippen LogP contribution in [0.15, 0.2) is 72.5 Å². The minimum absolute atomic E-state index is 0.630. The van der Waals surface area contributed by atoms with Crippen LogP contribution in [0.1, 0.15) is 5.56 Å². The van der Waals surface area contributed by atoms with E-state index in [1.807, 2.05) is 54.6 Å². The fourth-order valence-corrected chi connectivity index (χ4v) is 2.01. The van der Waals surface area contributed by atoms with Crippen molar-refractivity contribution in [2.24, 2.45) is 5.10 Å². The molecule has 3 rings (SSSR count). The topological polar surface area (TPSA) is 50.2 Å². The van der Waals surface area contributed by atoms with Crippen LogP contribution in [0.4, 0.5) is 5.82 Å². The number of hydrogen-bond acceptors (Lipinski definition) is 4. The normalized spacial score (nSPS) is 10.9. The predicted octanol–water partition coefficient (Wildman–Crippen LogP) is 3.74. The molecule has 0 saturated heterocycles. The van der Waals surface area contributed by atoms with Crippen molar-refractivity contribution in [3.05, 3.63) is 72.9 Å². The lowest BCUT2D eigenvalue weighted by molar-refractivity contribution is 1.04. The van der Waals surface area contributed by atoms with Crippen LogP contribution in [0.3, 0.4) is 0 Å². The third kappa shape index (κ3) is 2.95. The molecule has 1 N–H and O–H groups in total. The number of allylic oxidation sites excluding steroid dienone is 1. The van der Waals surface area contributed by atoms with Gasteiger partial charge in [0.05, 0.1) is 12.4 Å². The number of nitrogens with zero attached hydrogens (tertiary/aromatic N) is 3. The second kappa shape index (κ2) is 5.96. The van der Waals surface area contributed by atoms with Crippen molar-refractivity contribution in [2.75, 3.05) is 5.43 Å². The summed E-state index contributed by atoms with van der Waals surface area (Å²) >= 11 is 0. The lowest BCUT2D eigenvalue weighted by Crippen LogP contribution is -1.96. The molecule has 0 aliphatic heterocycles. The monoisotopic (exact) mass is 274 g/mol. The first-order chi connectivity index (χ1) is 10.3. The second-order valence-corrected chi connectivity index (χ2v) is 4.54. The summed E-state index contributed by atoms with van der Waals surface area (Å²) in [5.41, 5.74) is 4.79. The summed E-state index contributed by atoms with van der Waals surface area (Å²) in [6.07, 6.45) is 3.41. The maximum atomic E-state index is 4.19. The maximum Gasteiger partial charge on any atom is 0.176 e. The lowest BCUT2D eigenvalue weighted by atomic mass is 10.1. The van der Waals surface area contributed by atoms with Gasteiger partial charge in [0, 0.05) is 10.8 Å². The van der Waals surface area contributed by atoms with Crippen molar-refractivity contribution in [2.45, 2.75) is 0 Å². The Morgan fingerprint density at radius 2 is 1.81 bits per heavy atom. The molecule has 0 aliphatic carbocycles.